The summed E-state index contributed by atoms with van der Waals surface area (Å²) in [5, 5.41) is 6.64. The van der Waals surface area contributed by atoms with E-state index >= 15 is 0 Å². The lowest BCUT2D eigenvalue weighted by Gasteiger charge is -2.22. The van der Waals surface area contributed by atoms with E-state index in [2.05, 4.69) is 5.32 Å². The van der Waals surface area contributed by atoms with Crippen LogP contribution < -0.4 is 11.1 Å². The van der Waals surface area contributed by atoms with Crippen molar-refractivity contribution >= 4 is 46.9 Å². The van der Waals surface area contributed by atoms with E-state index in [1.165, 1.54) is 0 Å². The summed E-state index contributed by atoms with van der Waals surface area (Å²) in [4.78, 5) is 28.5. The lowest BCUT2D eigenvalue weighted by atomic mass is 10.1. The molecule has 0 aromatic carbocycles. The molecule has 2 rings (SSSR count). The predicted octanol–water partition coefficient (Wildman–Crippen LogP) is 2.86. The van der Waals surface area contributed by atoms with Crippen LogP contribution in [0.15, 0.2) is 35.0 Å². The summed E-state index contributed by atoms with van der Waals surface area (Å²) >= 11 is 3.23. The average molecular weight is 402 g/mol. The molecule has 1 atom stereocenters. The normalized spacial score (nSPS) is 11.7. The van der Waals surface area contributed by atoms with Crippen LogP contribution in [0.5, 0.6) is 0 Å². The molecule has 0 unspecified atom stereocenters. The fraction of sp³-hybridized carbons (Fsp3) is 0.412. The smallest absolute Gasteiger partial charge is 0.242 e. The summed E-state index contributed by atoms with van der Waals surface area (Å²) in [5.41, 5.74) is 5.81. The number of nitrogens with two attached hydrogens (primary N) is 1. The Morgan fingerprint density at radius 1 is 1.12 bits per heavy atom. The van der Waals surface area contributed by atoms with Gasteiger partial charge in [0.05, 0.1) is 25.7 Å². The van der Waals surface area contributed by atoms with Gasteiger partial charge in [0.2, 0.25) is 11.8 Å². The van der Waals surface area contributed by atoms with E-state index in [0.29, 0.717) is 13.1 Å². The van der Waals surface area contributed by atoms with Crippen LogP contribution >= 0.6 is 35.1 Å². The van der Waals surface area contributed by atoms with E-state index in [1.54, 1.807) is 27.6 Å². The molecule has 8 heteroatoms. The van der Waals surface area contributed by atoms with Crippen molar-refractivity contribution in [2.45, 2.75) is 33.0 Å². The third kappa shape index (κ3) is 6.78. The van der Waals surface area contributed by atoms with Gasteiger partial charge in [-0.05, 0) is 28.8 Å². The van der Waals surface area contributed by atoms with Crippen LogP contribution in [0.4, 0.5) is 0 Å². The second kappa shape index (κ2) is 10.6. The van der Waals surface area contributed by atoms with Gasteiger partial charge < -0.3 is 16.0 Å². The Kier molecular flexibility index (Phi) is 9.13. The van der Waals surface area contributed by atoms with E-state index in [-0.39, 0.29) is 36.7 Å². The minimum atomic E-state index is -0.596. The molecule has 2 aromatic heterocycles. The summed E-state index contributed by atoms with van der Waals surface area (Å²) in [6.07, 6.45) is 0. The number of hydrogen-bond acceptors (Lipinski definition) is 5. The number of nitrogens with one attached hydrogen (secondary N) is 1. The third-order valence-corrected chi connectivity index (χ3v) is 5.36. The van der Waals surface area contributed by atoms with Crippen molar-refractivity contribution in [2.24, 2.45) is 11.7 Å². The maximum Gasteiger partial charge on any atom is 0.242 e. The van der Waals surface area contributed by atoms with Crippen LogP contribution in [0.25, 0.3) is 0 Å². The van der Waals surface area contributed by atoms with E-state index < -0.39 is 6.04 Å². The molecule has 0 bridgehead atoms. The van der Waals surface area contributed by atoms with Crippen LogP contribution in [-0.4, -0.2) is 29.3 Å². The monoisotopic (exact) mass is 401 g/mol. The summed E-state index contributed by atoms with van der Waals surface area (Å²) in [5.74, 6) is -0.361. The predicted molar refractivity (Wildman–Crippen MR) is 106 cm³/mol. The molecule has 2 aromatic rings. The summed E-state index contributed by atoms with van der Waals surface area (Å²) < 4.78 is 0. The topological polar surface area (TPSA) is 75.4 Å². The van der Waals surface area contributed by atoms with Crippen molar-refractivity contribution in [3.8, 4) is 0 Å². The number of halogens is 1. The number of hydrogen-bond donors (Lipinski definition) is 2. The van der Waals surface area contributed by atoms with Gasteiger partial charge in [-0.2, -0.15) is 0 Å². The summed E-state index contributed by atoms with van der Waals surface area (Å²) in [6, 6.07) is 7.36. The second-order valence-electron chi connectivity index (χ2n) is 5.90. The standard InChI is InChI=1S/C17H23N3O2S2.ClH/c1-12(2)16(18)17(22)19-9-15(21)20(10-13-5-3-7-23-13)11-14-6-4-8-24-14;/h3-8,12,16H,9-11,18H2,1-2H3,(H,19,22);1H/t16-;/m0./s1. The fourth-order valence-corrected chi connectivity index (χ4v) is 3.55. The molecule has 0 fully saturated rings. The Morgan fingerprint density at radius 3 is 2.04 bits per heavy atom. The Morgan fingerprint density at radius 2 is 1.64 bits per heavy atom. The maximum absolute atomic E-state index is 12.6. The number of thiophene rings is 2. The first-order valence-corrected chi connectivity index (χ1v) is 9.59. The molecule has 0 spiro atoms. The minimum Gasteiger partial charge on any atom is -0.346 e. The SMILES string of the molecule is CC(C)[C@H](N)C(=O)NCC(=O)N(Cc1cccs1)Cc1cccs1.Cl. The van der Waals surface area contributed by atoms with Crippen LogP contribution in [0, 0.1) is 5.92 Å². The van der Waals surface area contributed by atoms with E-state index in [1.807, 2.05) is 48.9 Å². The largest absolute Gasteiger partial charge is 0.346 e. The number of nitrogens with zero attached hydrogens (tertiary/aromatic N) is 1. The van der Waals surface area contributed by atoms with Gasteiger partial charge in [-0.15, -0.1) is 35.1 Å². The van der Waals surface area contributed by atoms with Crippen molar-refractivity contribution in [2.75, 3.05) is 6.54 Å². The van der Waals surface area contributed by atoms with Crippen molar-refractivity contribution in [3.63, 3.8) is 0 Å². The molecule has 0 saturated heterocycles. The number of carbonyl (C=O) groups excluding carboxylic acids is 2. The highest BCUT2D eigenvalue weighted by molar-refractivity contribution is 7.10. The zero-order valence-corrected chi connectivity index (χ0v) is 16.8. The van der Waals surface area contributed by atoms with Gasteiger partial charge in [0.25, 0.3) is 0 Å². The van der Waals surface area contributed by atoms with Crippen LogP contribution in [0.1, 0.15) is 23.6 Å². The Labute approximate surface area is 162 Å². The first-order valence-electron chi connectivity index (χ1n) is 7.83. The van der Waals surface area contributed by atoms with Crippen LogP contribution in [0.2, 0.25) is 0 Å². The molecular formula is C17H24ClN3O2S2. The van der Waals surface area contributed by atoms with Crippen molar-refractivity contribution in [1.29, 1.82) is 0 Å². The molecule has 0 aliphatic rings. The first kappa shape index (κ1) is 21.6. The van der Waals surface area contributed by atoms with E-state index in [9.17, 15) is 9.59 Å². The van der Waals surface area contributed by atoms with Crippen LogP contribution in [0.3, 0.4) is 0 Å². The molecule has 0 aliphatic carbocycles. The fourth-order valence-electron chi connectivity index (χ4n) is 2.11. The van der Waals surface area contributed by atoms with Crippen molar-refractivity contribution in [1.82, 2.24) is 10.2 Å². The molecule has 0 radical (unpaired) electrons. The molecular weight excluding hydrogens is 378 g/mol. The average Bonchev–Trinajstić information content (AvgIpc) is 3.24. The Hall–Kier alpha value is -1.41. The highest BCUT2D eigenvalue weighted by Crippen LogP contribution is 2.17. The zero-order valence-electron chi connectivity index (χ0n) is 14.3. The number of rotatable bonds is 8. The van der Waals surface area contributed by atoms with Gasteiger partial charge in [-0.3, -0.25) is 9.59 Å². The van der Waals surface area contributed by atoms with Gasteiger partial charge in [0, 0.05) is 9.75 Å². The Balaban J connectivity index is 0.00000312. The number of amides is 2. The highest BCUT2D eigenvalue weighted by Gasteiger charge is 2.20. The Bertz CT molecular complexity index is 609. The van der Waals surface area contributed by atoms with Gasteiger partial charge in [0.1, 0.15) is 0 Å². The highest BCUT2D eigenvalue weighted by atomic mass is 35.5. The molecule has 2 heterocycles. The molecule has 138 valence electrons. The molecule has 3 N–H and O–H groups in total. The van der Waals surface area contributed by atoms with Gasteiger partial charge in [-0.25, -0.2) is 0 Å². The van der Waals surface area contributed by atoms with Crippen molar-refractivity contribution < 1.29 is 9.59 Å². The van der Waals surface area contributed by atoms with Crippen molar-refractivity contribution in [3.05, 3.63) is 44.8 Å². The van der Waals surface area contributed by atoms with Gasteiger partial charge >= 0.3 is 0 Å². The summed E-state index contributed by atoms with van der Waals surface area (Å²) in [6.45, 7) is 4.81. The van der Waals surface area contributed by atoms with Crippen LogP contribution in [-0.2, 0) is 22.7 Å². The second-order valence-corrected chi connectivity index (χ2v) is 7.96. The van der Waals surface area contributed by atoms with Gasteiger partial charge in [0.15, 0.2) is 0 Å². The lowest BCUT2D eigenvalue weighted by Crippen LogP contribution is -2.47. The number of carbonyl (C=O) groups is 2. The molecule has 2 amide bonds. The minimum absolute atomic E-state index is 0. The maximum atomic E-state index is 12.6. The first-order chi connectivity index (χ1) is 11.5. The molecule has 25 heavy (non-hydrogen) atoms. The third-order valence-electron chi connectivity index (χ3n) is 3.64. The quantitative estimate of drug-likeness (QED) is 0.714. The molecule has 5 nitrogen and oxygen atoms in total. The lowest BCUT2D eigenvalue weighted by molar-refractivity contribution is -0.134. The molecule has 0 aliphatic heterocycles. The molecule has 0 saturated carbocycles. The van der Waals surface area contributed by atoms with Gasteiger partial charge in [-0.1, -0.05) is 26.0 Å². The van der Waals surface area contributed by atoms with E-state index in [4.69, 9.17) is 5.73 Å². The van der Waals surface area contributed by atoms with E-state index in [0.717, 1.165) is 9.75 Å². The zero-order chi connectivity index (χ0) is 17.5. The summed E-state index contributed by atoms with van der Waals surface area (Å²) in [7, 11) is 0.